The highest BCUT2D eigenvalue weighted by Crippen LogP contribution is 2.22. The molecule has 0 aliphatic carbocycles. The number of anilines is 2. The van der Waals surface area contributed by atoms with E-state index >= 15 is 0 Å². The van der Waals surface area contributed by atoms with Crippen LogP contribution in [0.4, 0.5) is 17.3 Å². The molecule has 0 radical (unpaired) electrons. The SMILES string of the molecule is Nc1nc2nc(CNc3ccc(C(=O)NC(CCC(=O)CCCCOCCOCCOCCCCC(=O)CCC(=O)OCC(NC(=O)C(Cl)Cl)C(O)c4ccc([N+](=O)[O-])cc4)C(=O)O)cc3)cnc2c(=O)[nH]1. The number of esters is 1. The largest absolute Gasteiger partial charge is 0.480 e. The second kappa shape index (κ2) is 30.9. The molecule has 3 atom stereocenters. The molecular weight excluding hydrogens is 989 g/mol. The number of nitro benzene ring substituents is 1. The molecule has 3 unspecified atom stereocenters. The highest BCUT2D eigenvalue weighted by molar-refractivity contribution is 6.53. The number of aromatic nitrogens is 4. The van der Waals surface area contributed by atoms with Crippen LogP contribution in [-0.4, -0.2) is 134 Å². The number of hydrogen-bond donors (Lipinski definition) is 7. The van der Waals surface area contributed by atoms with Gasteiger partial charge in [0.05, 0.1) is 62.2 Å². The van der Waals surface area contributed by atoms with E-state index in [-0.39, 0.29) is 90.6 Å². The number of aliphatic hydroxyl groups excluding tert-OH is 1. The second-order valence-electron chi connectivity index (χ2n) is 16.0. The zero-order valence-corrected chi connectivity index (χ0v) is 40.6. The van der Waals surface area contributed by atoms with Crippen molar-refractivity contribution in [3.05, 3.63) is 92.0 Å². The number of carboxylic acids is 1. The van der Waals surface area contributed by atoms with E-state index < -0.39 is 63.9 Å². The molecule has 4 rings (SSSR count). The van der Waals surface area contributed by atoms with Crippen molar-refractivity contribution >= 4 is 87.0 Å². The summed E-state index contributed by atoms with van der Waals surface area (Å²) in [6, 6.07) is 8.76. The van der Waals surface area contributed by atoms with Crippen LogP contribution in [0.1, 0.15) is 91.9 Å². The standard InChI is InChI=1S/C46H57Cl2N9O15/c47-40(48)44(64)54-36(39(61)28-9-13-32(14-10-28)57(67)68)27-72-37(60)18-16-34(59)6-2-4-20-70-22-24-71-23-21-69-19-3-1-5-33(58)15-17-35(45(65)66)53-42(62)29-7-11-30(12-8-29)50-25-31-26-51-38-41(52-31)55-46(49)56-43(38)63/h7-14,26,35-36,39-40,50,61H,1-6,15-25,27H2,(H,53,62)(H,54,64)(H,65,66)(H3,49,52,55,56,63). The molecule has 0 saturated carbocycles. The van der Waals surface area contributed by atoms with E-state index in [0.717, 1.165) is 0 Å². The smallest absolute Gasteiger partial charge is 0.326 e. The van der Waals surface area contributed by atoms with Crippen molar-refractivity contribution in [2.45, 2.75) is 93.8 Å². The van der Waals surface area contributed by atoms with Gasteiger partial charge in [0.1, 0.15) is 30.3 Å². The number of nitrogens with zero attached hydrogens (tertiary/aromatic N) is 4. The van der Waals surface area contributed by atoms with Crippen molar-refractivity contribution in [1.29, 1.82) is 0 Å². The summed E-state index contributed by atoms with van der Waals surface area (Å²) in [4.78, 5) is 109. The summed E-state index contributed by atoms with van der Waals surface area (Å²) in [5, 5.41) is 39.4. The Morgan fingerprint density at radius 3 is 2.00 bits per heavy atom. The molecule has 72 heavy (non-hydrogen) atoms. The Balaban J connectivity index is 0.961. The van der Waals surface area contributed by atoms with Crippen molar-refractivity contribution in [3.63, 3.8) is 0 Å². The highest BCUT2D eigenvalue weighted by Gasteiger charge is 2.27. The number of carboxylic acid groups (broad SMARTS) is 1. The zero-order chi connectivity index (χ0) is 52.4. The third-order valence-electron chi connectivity index (χ3n) is 10.5. The van der Waals surface area contributed by atoms with Crippen molar-refractivity contribution < 1.29 is 62.9 Å². The van der Waals surface area contributed by atoms with E-state index in [1.54, 1.807) is 12.1 Å². The monoisotopic (exact) mass is 1050 g/mol. The minimum atomic E-state index is -1.48. The van der Waals surface area contributed by atoms with Crippen LogP contribution < -0.4 is 27.2 Å². The molecule has 0 aliphatic rings. The average molecular weight is 1050 g/mol. The number of aliphatic carboxylic acids is 1. The summed E-state index contributed by atoms with van der Waals surface area (Å²) in [5.41, 5.74) is 6.57. The van der Waals surface area contributed by atoms with Gasteiger partial charge in [0, 0.05) is 62.3 Å². The van der Waals surface area contributed by atoms with E-state index in [1.807, 2.05) is 0 Å². The summed E-state index contributed by atoms with van der Waals surface area (Å²) >= 11 is 11.2. The summed E-state index contributed by atoms with van der Waals surface area (Å²) in [7, 11) is 0. The van der Waals surface area contributed by atoms with Crippen molar-refractivity contribution in [1.82, 2.24) is 30.6 Å². The normalized spacial score (nSPS) is 12.4. The quantitative estimate of drug-likeness (QED) is 0.0114. The molecular formula is C46H57Cl2N9O15. The number of carbonyl (C=O) groups excluding carboxylic acids is 5. The van der Waals surface area contributed by atoms with Crippen LogP contribution in [0.15, 0.2) is 59.5 Å². The van der Waals surface area contributed by atoms with E-state index in [0.29, 0.717) is 76.7 Å². The van der Waals surface area contributed by atoms with E-state index in [1.165, 1.54) is 42.6 Å². The minimum Gasteiger partial charge on any atom is -0.480 e. The van der Waals surface area contributed by atoms with E-state index in [9.17, 15) is 53.9 Å². The summed E-state index contributed by atoms with van der Waals surface area (Å²) in [5.74, 6) is -3.84. The van der Waals surface area contributed by atoms with Gasteiger partial charge in [-0.05, 0) is 74.1 Å². The summed E-state index contributed by atoms with van der Waals surface area (Å²) < 4.78 is 21.8. The zero-order valence-electron chi connectivity index (χ0n) is 39.1. The fraction of sp³-hybridized carbons (Fsp3) is 0.478. The Morgan fingerprint density at radius 2 is 1.40 bits per heavy atom. The maximum absolute atomic E-state index is 12.8. The first-order chi connectivity index (χ1) is 34.5. The number of H-pyrrole nitrogens is 1. The number of amides is 2. The second-order valence-corrected chi connectivity index (χ2v) is 17.1. The molecule has 0 aliphatic heterocycles. The molecule has 2 amide bonds. The number of nitrogens with one attached hydrogen (secondary N) is 4. The molecule has 0 bridgehead atoms. The number of aliphatic hydroxyl groups is 1. The number of aromatic amines is 1. The van der Waals surface area contributed by atoms with Gasteiger partial charge in [-0.15, -0.1) is 0 Å². The minimum absolute atomic E-state index is 0.0220. The topological polar surface area (TPSA) is 357 Å². The lowest BCUT2D eigenvalue weighted by molar-refractivity contribution is -0.384. The Kier molecular flexibility index (Phi) is 24.8. The number of carbonyl (C=O) groups is 6. The van der Waals surface area contributed by atoms with Crippen molar-refractivity contribution in [2.24, 2.45) is 0 Å². The van der Waals surface area contributed by atoms with Gasteiger partial charge in [-0.3, -0.25) is 43.9 Å². The lowest BCUT2D eigenvalue weighted by Gasteiger charge is -2.24. The number of hydrogen-bond acceptors (Lipinski definition) is 19. The van der Waals surface area contributed by atoms with Gasteiger partial charge in [-0.2, -0.15) is 4.98 Å². The number of unbranched alkanes of at least 4 members (excludes halogenated alkanes) is 2. The third-order valence-corrected chi connectivity index (χ3v) is 10.9. The predicted octanol–water partition coefficient (Wildman–Crippen LogP) is 3.65. The van der Waals surface area contributed by atoms with Gasteiger partial charge in [0.25, 0.3) is 23.1 Å². The number of rotatable bonds is 35. The number of ether oxygens (including phenoxy) is 4. The van der Waals surface area contributed by atoms with Gasteiger partial charge >= 0.3 is 11.9 Å². The molecule has 0 saturated heterocycles. The molecule has 2 aromatic carbocycles. The number of fused-ring (bicyclic) bond motifs is 1. The van der Waals surface area contributed by atoms with Crippen LogP contribution in [0, 0.1) is 10.1 Å². The first-order valence-corrected chi connectivity index (χ1v) is 23.7. The molecule has 0 fully saturated rings. The van der Waals surface area contributed by atoms with Crippen LogP contribution in [0.5, 0.6) is 0 Å². The number of ketones is 2. The molecule has 26 heteroatoms. The van der Waals surface area contributed by atoms with E-state index in [2.05, 4.69) is 35.9 Å². The molecule has 4 aromatic rings. The fourth-order valence-electron chi connectivity index (χ4n) is 6.62. The number of nitrogens with two attached hydrogens (primary N) is 1. The maximum Gasteiger partial charge on any atom is 0.326 e. The number of nitrogen functional groups attached to an aromatic ring is 1. The van der Waals surface area contributed by atoms with Crippen LogP contribution in [-0.2, 0) is 49.5 Å². The number of halogens is 2. The Hall–Kier alpha value is -6.70. The van der Waals surface area contributed by atoms with Gasteiger partial charge in [0.2, 0.25) is 5.95 Å². The van der Waals surface area contributed by atoms with Gasteiger partial charge in [-0.1, -0.05) is 23.2 Å². The number of nitro groups is 1. The van der Waals surface area contributed by atoms with Crippen LogP contribution in [0.25, 0.3) is 11.2 Å². The van der Waals surface area contributed by atoms with Crippen molar-refractivity contribution in [2.75, 3.05) is 57.3 Å². The molecule has 8 N–H and O–H groups in total. The first kappa shape index (κ1) is 57.9. The summed E-state index contributed by atoms with van der Waals surface area (Å²) in [6.45, 7) is 1.89. The average Bonchev–Trinajstić information content (AvgIpc) is 3.35. The highest BCUT2D eigenvalue weighted by atomic mass is 35.5. The predicted molar refractivity (Wildman–Crippen MR) is 260 cm³/mol. The van der Waals surface area contributed by atoms with Gasteiger partial charge in [0.15, 0.2) is 16.0 Å². The van der Waals surface area contributed by atoms with Gasteiger partial charge < -0.3 is 50.8 Å². The Morgan fingerprint density at radius 1 is 0.792 bits per heavy atom. The summed E-state index contributed by atoms with van der Waals surface area (Å²) in [6.07, 6.45) is 2.36. The molecule has 24 nitrogen and oxygen atoms in total. The lowest BCUT2D eigenvalue weighted by atomic mass is 10.0. The first-order valence-electron chi connectivity index (χ1n) is 22.8. The fourth-order valence-corrected chi connectivity index (χ4v) is 6.74. The van der Waals surface area contributed by atoms with Crippen LogP contribution in [0.2, 0.25) is 0 Å². The van der Waals surface area contributed by atoms with Crippen LogP contribution >= 0.6 is 23.2 Å². The molecule has 0 spiro atoms. The molecule has 390 valence electrons. The van der Waals surface area contributed by atoms with E-state index in [4.69, 9.17) is 47.9 Å². The van der Waals surface area contributed by atoms with Gasteiger partial charge in [-0.25, -0.2) is 14.8 Å². The van der Waals surface area contributed by atoms with Crippen molar-refractivity contribution in [3.8, 4) is 0 Å². The van der Waals surface area contributed by atoms with Crippen LogP contribution in [0.3, 0.4) is 0 Å². The number of Topliss-reactive ketones (excluding diaryl/α,β-unsaturated/α-hetero) is 2. The molecule has 2 heterocycles. The molecule has 2 aromatic heterocycles. The third kappa shape index (κ3) is 20.9. The lowest BCUT2D eigenvalue weighted by Crippen LogP contribution is -2.45. The Labute approximate surface area is 422 Å². The number of non-ortho nitro benzene ring substituents is 1. The number of alkyl halides is 2. The Bertz CT molecular complexity index is 2500. The number of benzene rings is 2. The maximum atomic E-state index is 12.8.